The zero-order chi connectivity index (χ0) is 16.9. The van der Waals surface area contributed by atoms with Crippen molar-refractivity contribution in [3.63, 3.8) is 0 Å². The summed E-state index contributed by atoms with van der Waals surface area (Å²) in [6.07, 6.45) is 2.20. The van der Waals surface area contributed by atoms with E-state index in [1.807, 2.05) is 30.3 Å². The highest BCUT2D eigenvalue weighted by Gasteiger charge is 2.25. The molecular weight excluding hydrogens is 302 g/mol. The highest BCUT2D eigenvalue weighted by Crippen LogP contribution is 2.22. The van der Waals surface area contributed by atoms with Gasteiger partial charge in [0.05, 0.1) is 11.3 Å². The van der Waals surface area contributed by atoms with Crippen molar-refractivity contribution in [2.24, 2.45) is 5.73 Å². The largest absolute Gasteiger partial charge is 0.349 e. The van der Waals surface area contributed by atoms with Crippen molar-refractivity contribution in [2.75, 3.05) is 5.32 Å². The predicted octanol–water partition coefficient (Wildman–Crippen LogP) is 2.61. The van der Waals surface area contributed by atoms with Crippen LogP contribution in [0.3, 0.4) is 0 Å². The molecule has 1 aliphatic rings. The van der Waals surface area contributed by atoms with E-state index >= 15 is 0 Å². The van der Waals surface area contributed by atoms with Crippen LogP contribution in [-0.2, 0) is 4.79 Å². The van der Waals surface area contributed by atoms with Crippen LogP contribution in [0.15, 0.2) is 54.6 Å². The minimum Gasteiger partial charge on any atom is -0.349 e. The molecule has 1 fully saturated rings. The second-order valence-electron chi connectivity index (χ2n) is 6.06. The van der Waals surface area contributed by atoms with Crippen molar-refractivity contribution in [3.05, 3.63) is 65.7 Å². The van der Waals surface area contributed by atoms with Gasteiger partial charge in [0, 0.05) is 18.5 Å². The molecule has 2 aromatic carbocycles. The maximum Gasteiger partial charge on any atom is 0.253 e. The maximum absolute atomic E-state index is 12.3. The molecule has 24 heavy (non-hydrogen) atoms. The molecule has 1 saturated carbocycles. The SMILES string of the molecule is NC(CC(=O)Nc1ccccc1C(=O)NC1CC1)c1ccccc1. The standard InChI is InChI=1S/C19H21N3O2/c20-16(13-6-2-1-3-7-13)12-18(23)22-17-9-5-4-8-15(17)19(24)21-14-10-11-14/h1-9,14,16H,10-12,20H2,(H,21,24)(H,22,23). The third kappa shape index (κ3) is 4.20. The van der Waals surface area contributed by atoms with Gasteiger partial charge >= 0.3 is 0 Å². The van der Waals surface area contributed by atoms with Crippen molar-refractivity contribution in [1.82, 2.24) is 5.32 Å². The first kappa shape index (κ1) is 16.2. The molecule has 0 bridgehead atoms. The van der Waals surface area contributed by atoms with Gasteiger partial charge in [0.15, 0.2) is 0 Å². The lowest BCUT2D eigenvalue weighted by molar-refractivity contribution is -0.116. The first-order chi connectivity index (χ1) is 11.6. The molecule has 1 unspecified atom stereocenters. The molecule has 1 aliphatic carbocycles. The van der Waals surface area contributed by atoms with Gasteiger partial charge in [0.25, 0.3) is 5.91 Å². The molecule has 2 amide bonds. The molecule has 124 valence electrons. The summed E-state index contributed by atoms with van der Waals surface area (Å²) in [5.41, 5.74) is 7.98. The quantitative estimate of drug-likeness (QED) is 0.764. The van der Waals surface area contributed by atoms with Crippen molar-refractivity contribution >= 4 is 17.5 Å². The van der Waals surface area contributed by atoms with Crippen LogP contribution in [0, 0.1) is 0 Å². The molecule has 5 heteroatoms. The van der Waals surface area contributed by atoms with E-state index in [-0.39, 0.29) is 30.3 Å². The molecule has 0 radical (unpaired) electrons. The number of rotatable bonds is 6. The summed E-state index contributed by atoms with van der Waals surface area (Å²) in [5.74, 6) is -0.362. The Hall–Kier alpha value is -2.66. The van der Waals surface area contributed by atoms with Crippen molar-refractivity contribution in [1.29, 1.82) is 0 Å². The summed E-state index contributed by atoms with van der Waals surface area (Å²) in [6.45, 7) is 0. The van der Waals surface area contributed by atoms with Crippen LogP contribution >= 0.6 is 0 Å². The number of carbonyl (C=O) groups excluding carboxylic acids is 2. The fourth-order valence-electron chi connectivity index (χ4n) is 2.50. The number of nitrogens with one attached hydrogen (secondary N) is 2. The molecular formula is C19H21N3O2. The van der Waals surface area contributed by atoms with Crippen molar-refractivity contribution in [2.45, 2.75) is 31.3 Å². The van der Waals surface area contributed by atoms with Gasteiger partial charge in [-0.2, -0.15) is 0 Å². The molecule has 0 aromatic heterocycles. The van der Waals surface area contributed by atoms with Gasteiger partial charge in [-0.05, 0) is 30.5 Å². The zero-order valence-electron chi connectivity index (χ0n) is 13.4. The highest BCUT2D eigenvalue weighted by atomic mass is 16.2. The molecule has 3 rings (SSSR count). The monoisotopic (exact) mass is 323 g/mol. The molecule has 1 atom stereocenters. The second kappa shape index (κ2) is 7.27. The third-order valence-corrected chi connectivity index (χ3v) is 3.99. The van der Waals surface area contributed by atoms with E-state index in [0.717, 1.165) is 18.4 Å². The Morgan fingerprint density at radius 3 is 2.42 bits per heavy atom. The number of benzene rings is 2. The van der Waals surface area contributed by atoms with Crippen LogP contribution in [0.2, 0.25) is 0 Å². The van der Waals surface area contributed by atoms with Crippen LogP contribution in [-0.4, -0.2) is 17.9 Å². The maximum atomic E-state index is 12.3. The lowest BCUT2D eigenvalue weighted by Crippen LogP contribution is -2.27. The molecule has 0 aliphatic heterocycles. The molecule has 0 saturated heterocycles. The number of hydrogen-bond donors (Lipinski definition) is 3. The van der Waals surface area contributed by atoms with E-state index in [1.165, 1.54) is 0 Å². The number of nitrogens with two attached hydrogens (primary N) is 1. The first-order valence-electron chi connectivity index (χ1n) is 8.14. The Bertz CT molecular complexity index is 726. The van der Waals surface area contributed by atoms with E-state index in [0.29, 0.717) is 11.3 Å². The van der Waals surface area contributed by atoms with E-state index in [9.17, 15) is 9.59 Å². The predicted molar refractivity (Wildman–Crippen MR) is 93.5 cm³/mol. The van der Waals surface area contributed by atoms with Crippen LogP contribution in [0.4, 0.5) is 5.69 Å². The van der Waals surface area contributed by atoms with Crippen LogP contribution in [0.1, 0.15) is 41.2 Å². The molecule has 0 heterocycles. The van der Waals surface area contributed by atoms with Crippen molar-refractivity contribution < 1.29 is 9.59 Å². The fourth-order valence-corrected chi connectivity index (χ4v) is 2.50. The van der Waals surface area contributed by atoms with Gasteiger partial charge in [0.2, 0.25) is 5.91 Å². The smallest absolute Gasteiger partial charge is 0.253 e. The number of hydrogen-bond acceptors (Lipinski definition) is 3. The van der Waals surface area contributed by atoms with Crippen LogP contribution in [0.25, 0.3) is 0 Å². The minimum absolute atomic E-state index is 0.152. The van der Waals surface area contributed by atoms with E-state index in [2.05, 4.69) is 10.6 Å². The number of para-hydroxylation sites is 1. The number of amides is 2. The van der Waals surface area contributed by atoms with Gasteiger partial charge in [-0.1, -0.05) is 42.5 Å². The van der Waals surface area contributed by atoms with Crippen LogP contribution < -0.4 is 16.4 Å². The van der Waals surface area contributed by atoms with E-state index < -0.39 is 0 Å². The molecule has 0 spiro atoms. The summed E-state index contributed by atoms with van der Waals surface area (Å²) in [4.78, 5) is 24.5. The van der Waals surface area contributed by atoms with Crippen LogP contribution in [0.5, 0.6) is 0 Å². The Morgan fingerprint density at radius 1 is 1.04 bits per heavy atom. The van der Waals surface area contributed by atoms with Gasteiger partial charge in [-0.3, -0.25) is 9.59 Å². The van der Waals surface area contributed by atoms with Gasteiger partial charge < -0.3 is 16.4 Å². The Kier molecular flexibility index (Phi) is 4.91. The fraction of sp³-hybridized carbons (Fsp3) is 0.263. The summed E-state index contributed by atoms with van der Waals surface area (Å²) in [7, 11) is 0. The van der Waals surface area contributed by atoms with Crippen molar-refractivity contribution in [3.8, 4) is 0 Å². The minimum atomic E-state index is -0.376. The zero-order valence-corrected chi connectivity index (χ0v) is 13.4. The Morgan fingerprint density at radius 2 is 1.71 bits per heavy atom. The van der Waals surface area contributed by atoms with Gasteiger partial charge in [0.1, 0.15) is 0 Å². The van der Waals surface area contributed by atoms with Gasteiger partial charge in [-0.25, -0.2) is 0 Å². The third-order valence-electron chi connectivity index (χ3n) is 3.99. The average Bonchev–Trinajstić information content (AvgIpc) is 3.40. The van der Waals surface area contributed by atoms with E-state index in [4.69, 9.17) is 5.73 Å². The lowest BCUT2D eigenvalue weighted by Gasteiger charge is -2.14. The van der Waals surface area contributed by atoms with E-state index in [1.54, 1.807) is 24.3 Å². The average molecular weight is 323 g/mol. The number of anilines is 1. The van der Waals surface area contributed by atoms with Gasteiger partial charge in [-0.15, -0.1) is 0 Å². The summed E-state index contributed by atoms with van der Waals surface area (Å²) >= 11 is 0. The highest BCUT2D eigenvalue weighted by molar-refractivity contribution is 6.04. The normalized spacial score (nSPS) is 14.7. The number of carbonyl (C=O) groups is 2. The summed E-state index contributed by atoms with van der Waals surface area (Å²) in [5, 5.41) is 5.74. The molecule has 2 aromatic rings. The molecule has 5 nitrogen and oxygen atoms in total. The Balaban J connectivity index is 1.64. The second-order valence-corrected chi connectivity index (χ2v) is 6.06. The topological polar surface area (TPSA) is 84.2 Å². The summed E-state index contributed by atoms with van der Waals surface area (Å²) < 4.78 is 0. The molecule has 4 N–H and O–H groups in total. The first-order valence-corrected chi connectivity index (χ1v) is 8.14. The summed E-state index contributed by atoms with van der Waals surface area (Å²) in [6, 6.07) is 16.4. The Labute approximate surface area is 141 Å². The lowest BCUT2D eigenvalue weighted by atomic mass is 10.0.